The molecule has 0 aliphatic rings. The number of phosphoric ester groups is 2. The fourth-order valence-electron chi connectivity index (χ4n) is 11.7. The predicted molar refractivity (Wildman–Crippen MR) is 386 cm³/mol. The highest BCUT2D eigenvalue weighted by atomic mass is 31.2. The average Bonchev–Trinajstić information content (AvgIpc) is 1.90. The molecule has 0 radical (unpaired) electrons. The standard InChI is InChI=1S/C76H148O17P2/c1-7-9-11-13-15-17-18-19-20-21-22-23-28-31-35-42-48-54-60-75(80)92-71(65-87-74(79)59-53-47-41-34-30-27-25-24-26-29-33-38-44-50-56-68(3)4)66-90-94(82,83)88-62-70(77)63-89-95(84,85)91-67-72(64-86-73(78)58-52-46-40-32-16-14-12-10-8-2)93-76(81)61-55-49-43-37-36-39-45-51-57-69(5)6/h68-72,77H,7-67H2,1-6H3,(H,82,83)(H,84,85)/t70-,71-,72-/m1/s1. The Hall–Kier alpha value is -1.94. The van der Waals surface area contributed by atoms with Gasteiger partial charge in [0.1, 0.15) is 19.3 Å². The molecule has 17 nitrogen and oxygen atoms in total. The minimum atomic E-state index is -4.96. The molecule has 3 N–H and O–H groups in total. The largest absolute Gasteiger partial charge is 0.472 e. The first-order valence-electron chi connectivity index (χ1n) is 39.5. The van der Waals surface area contributed by atoms with Crippen LogP contribution in [0, 0.1) is 11.8 Å². The monoisotopic (exact) mass is 1400 g/mol. The molecular formula is C76H148O17P2. The van der Waals surface area contributed by atoms with Gasteiger partial charge in [0.15, 0.2) is 12.2 Å². The van der Waals surface area contributed by atoms with Crippen molar-refractivity contribution < 1.29 is 80.2 Å². The maximum absolute atomic E-state index is 13.1. The molecule has 0 saturated heterocycles. The molecular weight excluding hydrogens is 1250 g/mol. The van der Waals surface area contributed by atoms with Crippen LogP contribution < -0.4 is 0 Å². The molecule has 0 amide bonds. The number of carbonyl (C=O) groups excluding carboxylic acids is 4. The number of carbonyl (C=O) groups is 4. The lowest BCUT2D eigenvalue weighted by Crippen LogP contribution is -2.30. The highest BCUT2D eigenvalue weighted by Crippen LogP contribution is 2.45. The quantitative estimate of drug-likeness (QED) is 0.0222. The Morgan fingerprint density at radius 3 is 0.716 bits per heavy atom. The summed E-state index contributed by atoms with van der Waals surface area (Å²) in [7, 11) is -9.91. The van der Waals surface area contributed by atoms with Gasteiger partial charge in [0.2, 0.25) is 0 Å². The number of unbranched alkanes of at least 4 members (excludes halogenated alkanes) is 45. The van der Waals surface area contributed by atoms with Gasteiger partial charge in [-0.15, -0.1) is 0 Å². The topological polar surface area (TPSA) is 237 Å². The fourth-order valence-corrected chi connectivity index (χ4v) is 13.2. The van der Waals surface area contributed by atoms with Crippen LogP contribution in [0.4, 0.5) is 0 Å². The van der Waals surface area contributed by atoms with E-state index in [-0.39, 0.29) is 25.7 Å². The van der Waals surface area contributed by atoms with Crippen molar-refractivity contribution in [2.24, 2.45) is 11.8 Å². The Morgan fingerprint density at radius 2 is 0.484 bits per heavy atom. The van der Waals surface area contributed by atoms with E-state index in [0.717, 1.165) is 102 Å². The maximum atomic E-state index is 13.1. The Bertz CT molecular complexity index is 1840. The zero-order chi connectivity index (χ0) is 70.0. The van der Waals surface area contributed by atoms with E-state index in [1.165, 1.54) is 212 Å². The highest BCUT2D eigenvalue weighted by molar-refractivity contribution is 7.47. The van der Waals surface area contributed by atoms with Crippen molar-refractivity contribution in [2.45, 2.75) is 413 Å². The number of rotatable bonds is 75. The van der Waals surface area contributed by atoms with Crippen LogP contribution in [0.15, 0.2) is 0 Å². The van der Waals surface area contributed by atoms with Crippen LogP contribution in [-0.4, -0.2) is 96.7 Å². The molecule has 0 bridgehead atoms. The van der Waals surface area contributed by atoms with E-state index in [2.05, 4.69) is 41.5 Å². The van der Waals surface area contributed by atoms with E-state index >= 15 is 0 Å². The SMILES string of the molecule is CCCCCCCCCCCCCCCCCCCCC(=O)O[C@H](COC(=O)CCCCCCCCCCCCCCCCC(C)C)COP(=O)(O)OC[C@@H](O)COP(=O)(O)OC[C@@H](COC(=O)CCCCCCCCCCC)OC(=O)CCCCCCCCCCC(C)C. The first-order valence-corrected chi connectivity index (χ1v) is 42.5. The third-order valence-corrected chi connectivity index (χ3v) is 19.6. The normalized spacial score (nSPS) is 14.0. The molecule has 0 fully saturated rings. The molecule has 2 unspecified atom stereocenters. The Kier molecular flexibility index (Phi) is 66.5. The highest BCUT2D eigenvalue weighted by Gasteiger charge is 2.30. The summed E-state index contributed by atoms with van der Waals surface area (Å²) in [6.45, 7) is 9.56. The predicted octanol–water partition coefficient (Wildman–Crippen LogP) is 22.3. The summed E-state index contributed by atoms with van der Waals surface area (Å²) >= 11 is 0. The van der Waals surface area contributed by atoms with Crippen molar-refractivity contribution in [3.05, 3.63) is 0 Å². The summed E-state index contributed by atoms with van der Waals surface area (Å²) in [6, 6.07) is 0. The maximum Gasteiger partial charge on any atom is 0.472 e. The van der Waals surface area contributed by atoms with Crippen LogP contribution in [0.5, 0.6) is 0 Å². The summed E-state index contributed by atoms with van der Waals surface area (Å²) in [6.07, 6.45) is 55.6. The second-order valence-corrected chi connectivity index (χ2v) is 31.3. The first kappa shape index (κ1) is 93.1. The van der Waals surface area contributed by atoms with Gasteiger partial charge in [-0.05, 0) is 37.5 Å². The Labute approximate surface area is 581 Å². The van der Waals surface area contributed by atoms with Crippen LogP contribution in [-0.2, 0) is 65.4 Å². The lowest BCUT2D eigenvalue weighted by atomic mass is 10.0. The Balaban J connectivity index is 5.21. The number of aliphatic hydroxyl groups is 1. The van der Waals surface area contributed by atoms with E-state index in [1.807, 2.05) is 0 Å². The number of esters is 4. The molecule has 0 heterocycles. The van der Waals surface area contributed by atoms with Crippen LogP contribution in [0.2, 0.25) is 0 Å². The van der Waals surface area contributed by atoms with Crippen LogP contribution >= 0.6 is 15.6 Å². The van der Waals surface area contributed by atoms with Crippen LogP contribution in [0.1, 0.15) is 395 Å². The van der Waals surface area contributed by atoms with E-state index in [4.69, 9.17) is 37.0 Å². The zero-order valence-electron chi connectivity index (χ0n) is 62.0. The lowest BCUT2D eigenvalue weighted by Gasteiger charge is -2.21. The summed E-state index contributed by atoms with van der Waals surface area (Å²) in [5.41, 5.74) is 0. The summed E-state index contributed by atoms with van der Waals surface area (Å²) in [4.78, 5) is 72.7. The fraction of sp³-hybridized carbons (Fsp3) is 0.947. The molecule has 0 aromatic carbocycles. The van der Waals surface area contributed by atoms with Crippen molar-refractivity contribution >= 4 is 39.5 Å². The molecule has 0 aromatic heterocycles. The van der Waals surface area contributed by atoms with Gasteiger partial charge in [-0.2, -0.15) is 0 Å². The van der Waals surface area contributed by atoms with Gasteiger partial charge in [-0.25, -0.2) is 9.13 Å². The number of hydrogen-bond acceptors (Lipinski definition) is 15. The zero-order valence-corrected chi connectivity index (χ0v) is 63.8. The van der Waals surface area contributed by atoms with Gasteiger partial charge in [-0.1, -0.05) is 343 Å². The van der Waals surface area contributed by atoms with Crippen LogP contribution in [0.25, 0.3) is 0 Å². The molecule has 0 saturated carbocycles. The molecule has 0 aliphatic carbocycles. The van der Waals surface area contributed by atoms with E-state index in [0.29, 0.717) is 25.7 Å². The van der Waals surface area contributed by atoms with Gasteiger partial charge in [0.05, 0.1) is 26.4 Å². The van der Waals surface area contributed by atoms with Gasteiger partial charge >= 0.3 is 39.5 Å². The van der Waals surface area contributed by atoms with Gasteiger partial charge < -0.3 is 33.8 Å². The number of phosphoric acid groups is 2. The first-order chi connectivity index (χ1) is 45.9. The number of hydrogen-bond donors (Lipinski definition) is 3. The molecule has 564 valence electrons. The second kappa shape index (κ2) is 67.9. The summed E-state index contributed by atoms with van der Waals surface area (Å²) < 4.78 is 68.5. The average molecular weight is 1400 g/mol. The van der Waals surface area contributed by atoms with E-state index in [1.54, 1.807) is 0 Å². The van der Waals surface area contributed by atoms with Crippen molar-refractivity contribution in [2.75, 3.05) is 39.6 Å². The van der Waals surface area contributed by atoms with Gasteiger partial charge in [0, 0.05) is 25.7 Å². The third-order valence-electron chi connectivity index (χ3n) is 17.7. The smallest absolute Gasteiger partial charge is 0.462 e. The van der Waals surface area contributed by atoms with Crippen molar-refractivity contribution in [1.29, 1.82) is 0 Å². The van der Waals surface area contributed by atoms with Crippen molar-refractivity contribution in [3.63, 3.8) is 0 Å². The summed E-state index contributed by atoms with van der Waals surface area (Å²) in [5, 5.41) is 10.6. The van der Waals surface area contributed by atoms with Gasteiger partial charge in [-0.3, -0.25) is 37.3 Å². The second-order valence-electron chi connectivity index (χ2n) is 28.3. The van der Waals surface area contributed by atoms with Crippen molar-refractivity contribution in [1.82, 2.24) is 0 Å². The van der Waals surface area contributed by atoms with Crippen molar-refractivity contribution in [3.8, 4) is 0 Å². The number of ether oxygens (including phenoxy) is 4. The third kappa shape index (κ3) is 70.3. The summed E-state index contributed by atoms with van der Waals surface area (Å²) in [5.74, 6) is -0.600. The minimum absolute atomic E-state index is 0.105. The minimum Gasteiger partial charge on any atom is -0.462 e. The lowest BCUT2D eigenvalue weighted by molar-refractivity contribution is -0.161. The Morgan fingerprint density at radius 1 is 0.284 bits per heavy atom. The molecule has 5 atom stereocenters. The van der Waals surface area contributed by atoms with Gasteiger partial charge in [0.25, 0.3) is 0 Å². The molecule has 0 spiro atoms. The van der Waals surface area contributed by atoms with Crippen LogP contribution in [0.3, 0.4) is 0 Å². The molecule has 19 heteroatoms. The molecule has 0 aromatic rings. The number of aliphatic hydroxyl groups excluding tert-OH is 1. The van der Waals surface area contributed by atoms with E-state index < -0.39 is 97.5 Å². The van der Waals surface area contributed by atoms with E-state index in [9.17, 15) is 43.2 Å². The molecule has 0 aliphatic heterocycles. The molecule has 0 rings (SSSR count). The molecule has 95 heavy (non-hydrogen) atoms.